The number of carbonyl (C=O) groups is 1. The molecule has 84 valence electrons. The predicted octanol–water partition coefficient (Wildman–Crippen LogP) is 1.63. The number of esters is 1. The monoisotopic (exact) mass is 237 g/mol. The van der Waals surface area contributed by atoms with E-state index in [-0.39, 0.29) is 18.1 Å². The van der Waals surface area contributed by atoms with Crippen molar-refractivity contribution in [2.24, 2.45) is 0 Å². The second kappa shape index (κ2) is 4.49. The topological polar surface area (TPSA) is 48.3 Å². The van der Waals surface area contributed by atoms with Gasteiger partial charge < -0.3 is 4.74 Å². The van der Waals surface area contributed by atoms with Crippen LogP contribution in [0.5, 0.6) is 0 Å². The summed E-state index contributed by atoms with van der Waals surface area (Å²) in [5.41, 5.74) is -0.0206. The molecule has 16 heavy (non-hydrogen) atoms. The van der Waals surface area contributed by atoms with Crippen molar-refractivity contribution in [3.05, 3.63) is 34.6 Å². The number of nitrogens with zero attached hydrogens (tertiary/aromatic N) is 1. The molecule has 0 saturated carbocycles. The molecule has 0 aliphatic heterocycles. The molecule has 0 atom stereocenters. The largest absolute Gasteiger partial charge is 0.464 e. The van der Waals surface area contributed by atoms with Crippen molar-refractivity contribution in [3.8, 4) is 0 Å². The van der Waals surface area contributed by atoms with Crippen LogP contribution in [0.2, 0.25) is 0 Å². The maximum atomic E-state index is 11.8. The quantitative estimate of drug-likeness (QED) is 0.762. The van der Waals surface area contributed by atoms with Gasteiger partial charge in [0.15, 0.2) is 0 Å². The van der Waals surface area contributed by atoms with Gasteiger partial charge in [0.25, 0.3) is 5.56 Å². The summed E-state index contributed by atoms with van der Waals surface area (Å²) >= 11 is 1.39. The highest BCUT2D eigenvalue weighted by Gasteiger charge is 2.06. The van der Waals surface area contributed by atoms with Crippen molar-refractivity contribution >= 4 is 27.6 Å². The highest BCUT2D eigenvalue weighted by atomic mass is 32.1. The summed E-state index contributed by atoms with van der Waals surface area (Å²) in [6.07, 6.45) is 0. The van der Waals surface area contributed by atoms with Crippen molar-refractivity contribution in [1.29, 1.82) is 0 Å². The van der Waals surface area contributed by atoms with Crippen molar-refractivity contribution in [3.63, 3.8) is 0 Å². The number of hydrogen-bond donors (Lipinski definition) is 0. The van der Waals surface area contributed by atoms with Gasteiger partial charge in [-0.05, 0) is 12.1 Å². The smallest absolute Gasteiger partial charge is 0.302 e. The van der Waals surface area contributed by atoms with E-state index in [2.05, 4.69) is 0 Å². The lowest BCUT2D eigenvalue weighted by atomic mass is 10.3. The second-order valence-corrected chi connectivity index (χ2v) is 4.40. The maximum absolute atomic E-state index is 11.8. The van der Waals surface area contributed by atoms with Gasteiger partial charge in [-0.25, -0.2) is 0 Å². The predicted molar refractivity (Wildman–Crippen MR) is 62.7 cm³/mol. The fourth-order valence-corrected chi connectivity index (χ4v) is 2.41. The minimum absolute atomic E-state index is 0.0206. The highest BCUT2D eigenvalue weighted by molar-refractivity contribution is 7.13. The molecule has 1 heterocycles. The minimum atomic E-state index is -0.325. The van der Waals surface area contributed by atoms with Crippen molar-refractivity contribution in [1.82, 2.24) is 3.96 Å². The summed E-state index contributed by atoms with van der Waals surface area (Å²) < 4.78 is 7.36. The van der Waals surface area contributed by atoms with Crippen LogP contribution in [0.4, 0.5) is 0 Å². The van der Waals surface area contributed by atoms with Crippen molar-refractivity contribution in [2.45, 2.75) is 13.5 Å². The summed E-state index contributed by atoms with van der Waals surface area (Å²) in [4.78, 5) is 22.4. The Kier molecular flexibility index (Phi) is 3.05. The van der Waals surface area contributed by atoms with Crippen LogP contribution >= 0.6 is 11.5 Å². The third-order valence-electron chi connectivity index (χ3n) is 2.15. The molecule has 1 aromatic carbocycles. The van der Waals surface area contributed by atoms with Crippen LogP contribution in [0.3, 0.4) is 0 Å². The molecular weight excluding hydrogens is 226 g/mol. The van der Waals surface area contributed by atoms with Gasteiger partial charge in [0.1, 0.15) is 6.61 Å². The summed E-state index contributed by atoms with van der Waals surface area (Å²) in [6.45, 7) is 2.01. The van der Waals surface area contributed by atoms with E-state index in [4.69, 9.17) is 4.74 Å². The molecule has 0 aliphatic carbocycles. The van der Waals surface area contributed by atoms with Crippen LogP contribution in [-0.4, -0.2) is 16.5 Å². The first kappa shape index (κ1) is 10.9. The number of hydrogen-bond acceptors (Lipinski definition) is 4. The highest BCUT2D eigenvalue weighted by Crippen LogP contribution is 2.15. The molecule has 0 aliphatic rings. The van der Waals surface area contributed by atoms with E-state index in [9.17, 15) is 9.59 Å². The zero-order chi connectivity index (χ0) is 11.5. The summed E-state index contributed by atoms with van der Waals surface area (Å²) in [6, 6.07) is 7.45. The molecule has 0 bridgehead atoms. The lowest BCUT2D eigenvalue weighted by molar-refractivity contribution is -0.141. The van der Waals surface area contributed by atoms with E-state index in [1.165, 1.54) is 18.5 Å². The molecular formula is C11H11NO3S. The van der Waals surface area contributed by atoms with E-state index in [1.807, 2.05) is 18.2 Å². The van der Waals surface area contributed by atoms with Crippen LogP contribution in [-0.2, 0) is 16.1 Å². The number of fused-ring (bicyclic) bond motifs is 1. The first-order chi connectivity index (χ1) is 7.68. The lowest BCUT2D eigenvalue weighted by Crippen LogP contribution is -2.17. The molecule has 0 fully saturated rings. The molecule has 0 saturated heterocycles. The molecule has 0 radical (unpaired) electrons. The fourth-order valence-electron chi connectivity index (χ4n) is 1.44. The van der Waals surface area contributed by atoms with E-state index >= 15 is 0 Å². The Morgan fingerprint density at radius 3 is 2.88 bits per heavy atom. The van der Waals surface area contributed by atoms with Gasteiger partial charge in [0.05, 0.1) is 16.6 Å². The number of aromatic nitrogens is 1. The fraction of sp³-hybridized carbons (Fsp3) is 0.273. The number of carbonyl (C=O) groups excluding carboxylic acids is 1. The van der Waals surface area contributed by atoms with E-state index in [1.54, 1.807) is 10.0 Å². The molecule has 4 nitrogen and oxygen atoms in total. The third kappa shape index (κ3) is 2.14. The Bertz CT molecular complexity index is 570. The SMILES string of the molecule is CC(=O)OCCn1sc2ccccc2c1=O. The standard InChI is InChI=1S/C11H11NO3S/c1-8(13)15-7-6-12-11(14)9-4-2-3-5-10(9)16-12/h2-5H,6-7H2,1H3. The normalized spacial score (nSPS) is 10.6. The molecule has 1 aromatic heterocycles. The molecule has 0 N–H and O–H groups in total. The van der Waals surface area contributed by atoms with Crippen LogP contribution in [0.25, 0.3) is 10.1 Å². The van der Waals surface area contributed by atoms with Crippen LogP contribution < -0.4 is 5.56 Å². The van der Waals surface area contributed by atoms with E-state index in [0.29, 0.717) is 6.54 Å². The van der Waals surface area contributed by atoms with Gasteiger partial charge in [0, 0.05) is 6.92 Å². The van der Waals surface area contributed by atoms with Gasteiger partial charge in [-0.15, -0.1) is 0 Å². The zero-order valence-electron chi connectivity index (χ0n) is 8.80. The number of ether oxygens (including phenoxy) is 1. The maximum Gasteiger partial charge on any atom is 0.302 e. The second-order valence-electron chi connectivity index (χ2n) is 3.33. The Balaban J connectivity index is 2.22. The molecule has 5 heteroatoms. The van der Waals surface area contributed by atoms with Crippen molar-refractivity contribution < 1.29 is 9.53 Å². The average molecular weight is 237 g/mol. The van der Waals surface area contributed by atoms with Crippen LogP contribution in [0.1, 0.15) is 6.92 Å². The van der Waals surface area contributed by atoms with Crippen LogP contribution in [0, 0.1) is 0 Å². The minimum Gasteiger partial charge on any atom is -0.464 e. The number of rotatable bonds is 3. The summed E-state index contributed by atoms with van der Waals surface area (Å²) in [5.74, 6) is -0.325. The van der Waals surface area contributed by atoms with E-state index < -0.39 is 0 Å². The Morgan fingerprint density at radius 1 is 1.44 bits per heavy atom. The van der Waals surface area contributed by atoms with Gasteiger partial charge in [-0.2, -0.15) is 0 Å². The van der Waals surface area contributed by atoms with Gasteiger partial charge in [-0.3, -0.25) is 13.5 Å². The Labute approximate surface area is 96.2 Å². The lowest BCUT2D eigenvalue weighted by Gasteiger charge is -2.00. The number of benzene rings is 1. The Morgan fingerprint density at radius 2 is 2.19 bits per heavy atom. The molecule has 2 aromatic rings. The third-order valence-corrected chi connectivity index (χ3v) is 3.27. The van der Waals surface area contributed by atoms with Gasteiger partial charge in [-0.1, -0.05) is 23.7 Å². The van der Waals surface area contributed by atoms with Crippen LogP contribution in [0.15, 0.2) is 29.1 Å². The Hall–Kier alpha value is -1.62. The van der Waals surface area contributed by atoms with Gasteiger partial charge >= 0.3 is 5.97 Å². The van der Waals surface area contributed by atoms with Gasteiger partial charge in [0.2, 0.25) is 0 Å². The van der Waals surface area contributed by atoms with Crippen molar-refractivity contribution in [2.75, 3.05) is 6.61 Å². The molecule has 2 rings (SSSR count). The molecule has 0 unspecified atom stereocenters. The average Bonchev–Trinajstić information content (AvgIpc) is 2.56. The molecule has 0 spiro atoms. The van der Waals surface area contributed by atoms with E-state index in [0.717, 1.165) is 10.1 Å². The summed E-state index contributed by atoms with van der Waals surface area (Å²) in [5, 5.41) is 0.718. The first-order valence-electron chi connectivity index (χ1n) is 4.90. The zero-order valence-corrected chi connectivity index (χ0v) is 9.62. The summed E-state index contributed by atoms with van der Waals surface area (Å²) in [7, 11) is 0. The first-order valence-corrected chi connectivity index (χ1v) is 5.68. The molecule has 0 amide bonds.